The molecule has 1 aliphatic rings. The van der Waals surface area contributed by atoms with Crippen molar-refractivity contribution in [2.75, 3.05) is 24.8 Å². The van der Waals surface area contributed by atoms with Crippen LogP contribution in [0.25, 0.3) is 0 Å². The van der Waals surface area contributed by atoms with Crippen molar-refractivity contribution in [3.63, 3.8) is 0 Å². The molecule has 0 aliphatic carbocycles. The fourth-order valence-electron chi connectivity index (χ4n) is 1.85. The molecule has 1 N–H and O–H groups in total. The van der Waals surface area contributed by atoms with Crippen LogP contribution < -0.4 is 14.8 Å². The normalized spacial score (nSPS) is 13.7. The SMILES string of the molecule is CCS(=O)(=O)CCCNCc1ccc2c(c1)OCO2. The second kappa shape index (κ2) is 6.25. The van der Waals surface area contributed by atoms with Gasteiger partial charge in [-0.25, -0.2) is 8.42 Å². The van der Waals surface area contributed by atoms with E-state index in [4.69, 9.17) is 9.47 Å². The van der Waals surface area contributed by atoms with E-state index in [-0.39, 0.29) is 18.3 Å². The van der Waals surface area contributed by atoms with Crippen LogP contribution in [-0.4, -0.2) is 33.3 Å². The Morgan fingerprint density at radius 2 is 2.05 bits per heavy atom. The average Bonchev–Trinajstić information content (AvgIpc) is 2.85. The van der Waals surface area contributed by atoms with Gasteiger partial charge in [0.15, 0.2) is 11.5 Å². The van der Waals surface area contributed by atoms with E-state index in [0.29, 0.717) is 19.5 Å². The van der Waals surface area contributed by atoms with E-state index in [1.54, 1.807) is 6.92 Å². The number of benzene rings is 1. The van der Waals surface area contributed by atoms with Crippen LogP contribution in [0.4, 0.5) is 0 Å². The zero-order valence-electron chi connectivity index (χ0n) is 11.0. The Hall–Kier alpha value is -1.27. The largest absolute Gasteiger partial charge is 0.454 e. The van der Waals surface area contributed by atoms with Gasteiger partial charge in [-0.3, -0.25) is 0 Å². The Balaban J connectivity index is 1.72. The number of ether oxygens (including phenoxy) is 2. The van der Waals surface area contributed by atoms with Crippen LogP contribution in [0.5, 0.6) is 11.5 Å². The van der Waals surface area contributed by atoms with E-state index in [1.165, 1.54) is 0 Å². The minimum Gasteiger partial charge on any atom is -0.454 e. The predicted molar refractivity (Wildman–Crippen MR) is 73.2 cm³/mol. The maximum absolute atomic E-state index is 11.3. The smallest absolute Gasteiger partial charge is 0.231 e. The summed E-state index contributed by atoms with van der Waals surface area (Å²) in [4.78, 5) is 0. The van der Waals surface area contributed by atoms with Crippen molar-refractivity contribution < 1.29 is 17.9 Å². The first-order chi connectivity index (χ1) is 9.11. The van der Waals surface area contributed by atoms with E-state index in [2.05, 4.69) is 5.32 Å². The maximum atomic E-state index is 11.3. The molecule has 0 atom stereocenters. The van der Waals surface area contributed by atoms with Crippen LogP contribution >= 0.6 is 0 Å². The minimum atomic E-state index is -2.85. The number of hydrogen-bond acceptors (Lipinski definition) is 5. The molecular formula is C13H19NO4S. The zero-order valence-corrected chi connectivity index (χ0v) is 11.8. The average molecular weight is 285 g/mol. The first-order valence-corrected chi connectivity index (χ1v) is 8.22. The molecular weight excluding hydrogens is 266 g/mol. The molecule has 0 spiro atoms. The van der Waals surface area contributed by atoms with Crippen molar-refractivity contribution in [3.8, 4) is 11.5 Å². The highest BCUT2D eigenvalue weighted by Gasteiger charge is 2.12. The summed E-state index contributed by atoms with van der Waals surface area (Å²) in [6.45, 7) is 3.34. The summed E-state index contributed by atoms with van der Waals surface area (Å²) in [5, 5.41) is 3.23. The van der Waals surface area contributed by atoms with Crippen molar-refractivity contribution in [1.82, 2.24) is 5.32 Å². The topological polar surface area (TPSA) is 64.6 Å². The Kier molecular flexibility index (Phi) is 4.66. The lowest BCUT2D eigenvalue weighted by Crippen LogP contribution is -2.19. The highest BCUT2D eigenvalue weighted by molar-refractivity contribution is 7.91. The fourth-order valence-corrected chi connectivity index (χ4v) is 2.72. The van der Waals surface area contributed by atoms with Crippen molar-refractivity contribution in [1.29, 1.82) is 0 Å². The van der Waals surface area contributed by atoms with Gasteiger partial charge in [-0.1, -0.05) is 13.0 Å². The van der Waals surface area contributed by atoms with Crippen molar-refractivity contribution >= 4 is 9.84 Å². The van der Waals surface area contributed by atoms with E-state index in [0.717, 1.165) is 17.1 Å². The summed E-state index contributed by atoms with van der Waals surface area (Å²) in [5.74, 6) is 2.01. The summed E-state index contributed by atoms with van der Waals surface area (Å²) < 4.78 is 33.1. The molecule has 0 saturated heterocycles. The molecule has 1 aliphatic heterocycles. The van der Waals surface area contributed by atoms with Crippen LogP contribution in [0, 0.1) is 0 Å². The first-order valence-electron chi connectivity index (χ1n) is 6.40. The van der Waals surface area contributed by atoms with Crippen molar-refractivity contribution in [2.45, 2.75) is 19.9 Å². The molecule has 2 rings (SSSR count). The van der Waals surface area contributed by atoms with Crippen molar-refractivity contribution in [3.05, 3.63) is 23.8 Å². The monoisotopic (exact) mass is 285 g/mol. The van der Waals surface area contributed by atoms with E-state index in [1.807, 2.05) is 18.2 Å². The summed E-state index contributed by atoms with van der Waals surface area (Å²) in [7, 11) is -2.85. The highest BCUT2D eigenvalue weighted by atomic mass is 32.2. The Labute approximate surface area is 113 Å². The predicted octanol–water partition coefficient (Wildman–Crippen LogP) is 1.33. The van der Waals surface area contributed by atoms with E-state index < -0.39 is 9.84 Å². The molecule has 6 heteroatoms. The molecule has 0 aromatic heterocycles. The molecule has 1 aromatic carbocycles. The summed E-state index contributed by atoms with van der Waals surface area (Å²) in [6, 6.07) is 5.81. The summed E-state index contributed by atoms with van der Waals surface area (Å²) in [5.41, 5.74) is 1.10. The van der Waals surface area contributed by atoms with Gasteiger partial charge in [0.05, 0.1) is 5.75 Å². The van der Waals surface area contributed by atoms with Crippen LogP contribution in [0.3, 0.4) is 0 Å². The molecule has 0 saturated carbocycles. The molecule has 1 aromatic rings. The number of fused-ring (bicyclic) bond motifs is 1. The molecule has 0 unspecified atom stereocenters. The van der Waals surface area contributed by atoms with E-state index >= 15 is 0 Å². The third kappa shape index (κ3) is 4.11. The molecule has 1 heterocycles. The third-order valence-electron chi connectivity index (χ3n) is 3.01. The Morgan fingerprint density at radius 1 is 1.26 bits per heavy atom. The van der Waals surface area contributed by atoms with Crippen LogP contribution in [-0.2, 0) is 16.4 Å². The molecule has 0 bridgehead atoms. The second-order valence-electron chi connectivity index (χ2n) is 4.45. The summed E-state index contributed by atoms with van der Waals surface area (Å²) in [6.07, 6.45) is 0.640. The number of sulfone groups is 1. The van der Waals surface area contributed by atoms with Crippen molar-refractivity contribution in [2.24, 2.45) is 0 Å². The standard InChI is InChI=1S/C13H19NO4S/c1-2-19(15,16)7-3-6-14-9-11-4-5-12-13(8-11)18-10-17-12/h4-5,8,14H,2-3,6-7,9-10H2,1H3. The molecule has 0 radical (unpaired) electrons. The highest BCUT2D eigenvalue weighted by Crippen LogP contribution is 2.32. The first kappa shape index (κ1) is 14.1. The molecule has 5 nitrogen and oxygen atoms in total. The zero-order chi connectivity index (χ0) is 13.7. The minimum absolute atomic E-state index is 0.217. The fraction of sp³-hybridized carbons (Fsp3) is 0.538. The van der Waals surface area contributed by atoms with Crippen LogP contribution in [0.1, 0.15) is 18.9 Å². The third-order valence-corrected chi connectivity index (χ3v) is 4.81. The van der Waals surface area contributed by atoms with Gasteiger partial charge in [-0.05, 0) is 30.7 Å². The van der Waals surface area contributed by atoms with Crippen LogP contribution in [0.15, 0.2) is 18.2 Å². The van der Waals surface area contributed by atoms with Crippen LogP contribution in [0.2, 0.25) is 0 Å². The molecule has 0 fully saturated rings. The molecule has 106 valence electrons. The van der Waals surface area contributed by atoms with Gasteiger partial charge >= 0.3 is 0 Å². The quantitative estimate of drug-likeness (QED) is 0.766. The summed E-state index contributed by atoms with van der Waals surface area (Å²) >= 11 is 0. The second-order valence-corrected chi connectivity index (χ2v) is 6.93. The number of rotatable bonds is 7. The van der Waals surface area contributed by atoms with Gasteiger partial charge in [0, 0.05) is 12.3 Å². The number of nitrogens with one attached hydrogen (secondary N) is 1. The van der Waals surface area contributed by atoms with Gasteiger partial charge in [0.2, 0.25) is 6.79 Å². The van der Waals surface area contributed by atoms with Gasteiger partial charge in [0.1, 0.15) is 9.84 Å². The lowest BCUT2D eigenvalue weighted by molar-refractivity contribution is 0.174. The Bertz CT molecular complexity index is 527. The molecule has 19 heavy (non-hydrogen) atoms. The lowest BCUT2D eigenvalue weighted by atomic mass is 10.2. The van der Waals surface area contributed by atoms with Gasteiger partial charge in [-0.2, -0.15) is 0 Å². The Morgan fingerprint density at radius 3 is 2.84 bits per heavy atom. The van der Waals surface area contributed by atoms with E-state index in [9.17, 15) is 8.42 Å². The van der Waals surface area contributed by atoms with Gasteiger partial charge in [-0.15, -0.1) is 0 Å². The maximum Gasteiger partial charge on any atom is 0.231 e. The van der Waals surface area contributed by atoms with Gasteiger partial charge < -0.3 is 14.8 Å². The van der Waals surface area contributed by atoms with Gasteiger partial charge in [0.25, 0.3) is 0 Å². The number of hydrogen-bond donors (Lipinski definition) is 1. The molecule has 0 amide bonds. The lowest BCUT2D eigenvalue weighted by Gasteiger charge is -2.06.